The van der Waals surface area contributed by atoms with E-state index >= 15 is 0 Å². The average Bonchev–Trinajstić information content (AvgIpc) is 3.10. The first kappa shape index (κ1) is 20.9. The molecule has 160 valence electrons. The third-order valence-corrected chi connectivity index (χ3v) is 6.50. The van der Waals surface area contributed by atoms with E-state index in [9.17, 15) is 9.59 Å². The van der Waals surface area contributed by atoms with Gasteiger partial charge in [-0.1, -0.05) is 37.1 Å². The maximum absolute atomic E-state index is 13.0. The lowest BCUT2D eigenvalue weighted by Gasteiger charge is -2.34. The highest BCUT2D eigenvalue weighted by Gasteiger charge is 2.25. The van der Waals surface area contributed by atoms with Gasteiger partial charge in [-0.3, -0.25) is 18.8 Å². The topological polar surface area (TPSA) is 65.1 Å². The van der Waals surface area contributed by atoms with E-state index in [0.29, 0.717) is 35.3 Å². The number of aryl methyl sites for hydroxylation is 1. The Labute approximate surface area is 180 Å². The van der Waals surface area contributed by atoms with Gasteiger partial charge in [0.1, 0.15) is 5.82 Å². The van der Waals surface area contributed by atoms with Crippen molar-refractivity contribution in [3.8, 4) is 0 Å². The lowest BCUT2D eigenvalue weighted by molar-refractivity contribution is 0.131. The van der Waals surface area contributed by atoms with Crippen molar-refractivity contribution in [2.75, 3.05) is 6.54 Å². The molecule has 30 heavy (non-hydrogen) atoms. The van der Waals surface area contributed by atoms with E-state index in [2.05, 4.69) is 11.8 Å². The van der Waals surface area contributed by atoms with E-state index in [4.69, 9.17) is 16.6 Å². The minimum Gasteiger partial charge on any atom is -0.317 e. The molecule has 0 radical (unpaired) electrons. The van der Waals surface area contributed by atoms with Crippen molar-refractivity contribution < 1.29 is 0 Å². The maximum atomic E-state index is 13.0. The highest BCUT2D eigenvalue weighted by Crippen LogP contribution is 2.23. The van der Waals surface area contributed by atoms with Gasteiger partial charge < -0.3 is 4.57 Å². The fourth-order valence-electron chi connectivity index (χ4n) is 4.47. The molecule has 0 bridgehead atoms. The molecule has 1 atom stereocenters. The zero-order chi connectivity index (χ0) is 21.4. The molecule has 0 spiro atoms. The van der Waals surface area contributed by atoms with E-state index in [-0.39, 0.29) is 11.2 Å². The fourth-order valence-corrected chi connectivity index (χ4v) is 4.59. The molecule has 1 saturated heterocycles. The fraction of sp³-hybridized carbons (Fsp3) is 0.500. The van der Waals surface area contributed by atoms with Crippen LogP contribution in [0.1, 0.15) is 44.0 Å². The Morgan fingerprint density at radius 1 is 1.07 bits per heavy atom. The Morgan fingerprint density at radius 3 is 2.50 bits per heavy atom. The predicted molar refractivity (Wildman–Crippen MR) is 119 cm³/mol. The lowest BCUT2D eigenvalue weighted by atomic mass is 10.00. The number of hydrogen-bond acceptors (Lipinski definition) is 4. The summed E-state index contributed by atoms with van der Waals surface area (Å²) in [5.41, 5.74) is 1.26. The molecular weight excluding hydrogens is 402 g/mol. The molecule has 1 aromatic carbocycles. The number of piperidine rings is 1. The molecule has 0 saturated carbocycles. The molecule has 0 unspecified atom stereocenters. The summed E-state index contributed by atoms with van der Waals surface area (Å²) < 4.78 is 4.59. The number of rotatable bonds is 5. The second-order valence-electron chi connectivity index (χ2n) is 8.15. The summed E-state index contributed by atoms with van der Waals surface area (Å²) in [6.07, 6.45) is 4.71. The molecule has 1 aliphatic heterocycles. The second-order valence-corrected chi connectivity index (χ2v) is 8.58. The quantitative estimate of drug-likeness (QED) is 0.625. The minimum atomic E-state index is -0.361. The number of halogens is 1. The first-order valence-electron chi connectivity index (χ1n) is 10.5. The van der Waals surface area contributed by atoms with Crippen LogP contribution in [0.15, 0.2) is 33.9 Å². The van der Waals surface area contributed by atoms with Crippen LogP contribution in [0.5, 0.6) is 0 Å². The molecule has 1 aliphatic rings. The van der Waals surface area contributed by atoms with Crippen molar-refractivity contribution in [1.29, 1.82) is 0 Å². The van der Waals surface area contributed by atoms with Crippen LogP contribution in [-0.4, -0.2) is 36.2 Å². The lowest BCUT2D eigenvalue weighted by Crippen LogP contribution is -2.39. The molecule has 1 fully saturated rings. The summed E-state index contributed by atoms with van der Waals surface area (Å²) in [6.45, 7) is 4.41. The Bertz CT molecular complexity index is 1180. The number of nitrogens with zero attached hydrogens (tertiary/aromatic N) is 5. The number of aromatic nitrogens is 4. The van der Waals surface area contributed by atoms with Crippen LogP contribution >= 0.6 is 11.6 Å². The molecule has 2 aromatic heterocycles. The van der Waals surface area contributed by atoms with Gasteiger partial charge in [0.15, 0.2) is 11.2 Å². The number of likely N-dealkylation sites (tertiary alicyclic amines) is 1. The van der Waals surface area contributed by atoms with Crippen LogP contribution in [0, 0.1) is 0 Å². The summed E-state index contributed by atoms with van der Waals surface area (Å²) in [5.74, 6) is 0.818. The van der Waals surface area contributed by atoms with Gasteiger partial charge in [0.05, 0.1) is 6.54 Å². The van der Waals surface area contributed by atoms with Gasteiger partial charge in [0.2, 0.25) is 0 Å². The molecular formula is C22H28ClN5O2. The van der Waals surface area contributed by atoms with Gasteiger partial charge >= 0.3 is 5.69 Å². The summed E-state index contributed by atoms with van der Waals surface area (Å²) in [4.78, 5) is 32.8. The molecule has 4 rings (SSSR count). The third kappa shape index (κ3) is 3.72. The number of fused-ring (bicyclic) bond motifs is 1. The van der Waals surface area contributed by atoms with E-state index in [1.165, 1.54) is 30.9 Å². The zero-order valence-corrected chi connectivity index (χ0v) is 18.5. The summed E-state index contributed by atoms with van der Waals surface area (Å²) in [7, 11) is 3.18. The zero-order valence-electron chi connectivity index (χ0n) is 17.8. The van der Waals surface area contributed by atoms with E-state index in [0.717, 1.165) is 28.9 Å². The second kappa shape index (κ2) is 8.40. The van der Waals surface area contributed by atoms with Crippen LogP contribution in [0.25, 0.3) is 11.2 Å². The Morgan fingerprint density at radius 2 is 1.80 bits per heavy atom. The monoisotopic (exact) mass is 429 g/mol. The maximum Gasteiger partial charge on any atom is 0.332 e. The standard InChI is InChI=1S/C22H28ClN5O2/c1-4-17-7-5-6-12-27(17)14-18-24-20-19(21(29)26(3)22(30)25(20)2)28(18)13-15-8-10-16(23)11-9-15/h8-11,17H,4-7,12-14H2,1-3H3/t17-/m1/s1. The van der Waals surface area contributed by atoms with Crippen molar-refractivity contribution in [2.24, 2.45) is 14.1 Å². The van der Waals surface area contributed by atoms with Gasteiger partial charge in [-0.15, -0.1) is 0 Å². The summed E-state index contributed by atoms with van der Waals surface area (Å²) >= 11 is 6.05. The van der Waals surface area contributed by atoms with Gasteiger partial charge in [0, 0.05) is 31.7 Å². The highest BCUT2D eigenvalue weighted by molar-refractivity contribution is 6.30. The van der Waals surface area contributed by atoms with Gasteiger partial charge in [-0.05, 0) is 43.5 Å². The molecule has 8 heteroatoms. The van der Waals surface area contributed by atoms with Crippen molar-refractivity contribution in [3.63, 3.8) is 0 Å². The van der Waals surface area contributed by atoms with Crippen molar-refractivity contribution in [3.05, 3.63) is 61.5 Å². The molecule has 0 aliphatic carbocycles. The Kier molecular flexibility index (Phi) is 5.84. The van der Waals surface area contributed by atoms with Crippen molar-refractivity contribution in [2.45, 2.75) is 51.7 Å². The van der Waals surface area contributed by atoms with E-state index < -0.39 is 0 Å². The molecule has 0 amide bonds. The first-order valence-corrected chi connectivity index (χ1v) is 10.9. The molecule has 7 nitrogen and oxygen atoms in total. The van der Waals surface area contributed by atoms with Crippen LogP contribution in [0.4, 0.5) is 0 Å². The summed E-state index contributed by atoms with van der Waals surface area (Å²) in [5, 5.41) is 0.673. The van der Waals surface area contributed by atoms with Crippen molar-refractivity contribution >= 4 is 22.8 Å². The predicted octanol–water partition coefficient (Wildman–Crippen LogP) is 2.90. The van der Waals surface area contributed by atoms with Crippen LogP contribution in [0.2, 0.25) is 5.02 Å². The van der Waals surface area contributed by atoms with Crippen LogP contribution in [0.3, 0.4) is 0 Å². The number of benzene rings is 1. The molecule has 0 N–H and O–H groups in total. The van der Waals surface area contributed by atoms with Crippen LogP contribution < -0.4 is 11.2 Å². The normalized spacial score (nSPS) is 17.7. The largest absolute Gasteiger partial charge is 0.332 e. The first-order chi connectivity index (χ1) is 14.4. The van der Waals surface area contributed by atoms with Gasteiger partial charge in [-0.25, -0.2) is 9.78 Å². The summed E-state index contributed by atoms with van der Waals surface area (Å²) in [6, 6.07) is 8.14. The Hall–Kier alpha value is -2.38. The smallest absolute Gasteiger partial charge is 0.317 e. The van der Waals surface area contributed by atoms with Gasteiger partial charge in [0.25, 0.3) is 5.56 Å². The van der Waals surface area contributed by atoms with Crippen molar-refractivity contribution in [1.82, 2.24) is 23.6 Å². The Balaban J connectivity index is 1.86. The molecule has 3 heterocycles. The van der Waals surface area contributed by atoms with E-state index in [1.807, 2.05) is 28.8 Å². The minimum absolute atomic E-state index is 0.313. The SMILES string of the molecule is CC[C@@H]1CCCCN1Cc1nc2c(c(=O)n(C)c(=O)n2C)n1Cc1ccc(Cl)cc1. The molecule has 3 aromatic rings. The highest BCUT2D eigenvalue weighted by atomic mass is 35.5. The third-order valence-electron chi connectivity index (χ3n) is 6.25. The average molecular weight is 430 g/mol. The number of imidazole rings is 1. The number of hydrogen-bond donors (Lipinski definition) is 0. The van der Waals surface area contributed by atoms with Crippen LogP contribution in [-0.2, 0) is 27.2 Å². The van der Waals surface area contributed by atoms with E-state index in [1.54, 1.807) is 7.05 Å². The van der Waals surface area contributed by atoms with Gasteiger partial charge in [-0.2, -0.15) is 0 Å².